The molecule has 0 spiro atoms. The van der Waals surface area contributed by atoms with Crippen LogP contribution in [-0.2, 0) is 6.42 Å². The van der Waals surface area contributed by atoms with Crippen LogP contribution in [0.15, 0.2) is 54.7 Å². The number of aromatic nitrogens is 3. The van der Waals surface area contributed by atoms with E-state index >= 15 is 0 Å². The molecule has 1 aliphatic heterocycles. The molecule has 2 aromatic carbocycles. The Labute approximate surface area is 182 Å². The SMILES string of the molecule is COc1ccc(NC(=O)c2cn(C3CCNCC3)nn2)cc1Cc1ccccc1.Cl. The number of hydrogen-bond acceptors (Lipinski definition) is 5. The van der Waals surface area contributed by atoms with E-state index in [9.17, 15) is 4.79 Å². The number of anilines is 1. The molecule has 0 bridgehead atoms. The molecule has 2 N–H and O–H groups in total. The summed E-state index contributed by atoms with van der Waals surface area (Å²) in [5.74, 6) is 0.532. The highest BCUT2D eigenvalue weighted by Gasteiger charge is 2.19. The molecule has 0 atom stereocenters. The van der Waals surface area contributed by atoms with E-state index in [1.54, 1.807) is 13.3 Å². The number of halogens is 1. The summed E-state index contributed by atoms with van der Waals surface area (Å²) in [6, 6.07) is 16.1. The number of ether oxygens (including phenoxy) is 1. The quantitative estimate of drug-likeness (QED) is 0.629. The fourth-order valence-electron chi connectivity index (χ4n) is 3.64. The zero-order chi connectivity index (χ0) is 20.1. The predicted octanol–water partition coefficient (Wildman–Crippen LogP) is 3.48. The number of carbonyl (C=O) groups is 1. The number of benzene rings is 2. The molecule has 0 radical (unpaired) electrons. The van der Waals surface area contributed by atoms with Crippen molar-refractivity contribution in [3.8, 4) is 5.75 Å². The number of hydrogen-bond donors (Lipinski definition) is 2. The lowest BCUT2D eigenvalue weighted by Gasteiger charge is -2.22. The van der Waals surface area contributed by atoms with Gasteiger partial charge in [0.2, 0.25) is 0 Å². The van der Waals surface area contributed by atoms with Gasteiger partial charge in [0.15, 0.2) is 5.69 Å². The largest absolute Gasteiger partial charge is 0.496 e. The summed E-state index contributed by atoms with van der Waals surface area (Å²) in [5, 5.41) is 14.5. The number of nitrogens with zero attached hydrogens (tertiary/aromatic N) is 3. The number of piperidine rings is 1. The number of nitrogens with one attached hydrogen (secondary N) is 2. The topological polar surface area (TPSA) is 81.1 Å². The first-order chi connectivity index (χ1) is 14.2. The van der Waals surface area contributed by atoms with Crippen molar-refractivity contribution < 1.29 is 9.53 Å². The van der Waals surface area contributed by atoms with Gasteiger partial charge in [0, 0.05) is 17.7 Å². The molecule has 1 amide bonds. The van der Waals surface area contributed by atoms with Gasteiger partial charge in [-0.3, -0.25) is 4.79 Å². The van der Waals surface area contributed by atoms with Gasteiger partial charge in [-0.05, 0) is 49.7 Å². The summed E-state index contributed by atoms with van der Waals surface area (Å²) < 4.78 is 7.30. The second-order valence-electron chi connectivity index (χ2n) is 7.21. The smallest absolute Gasteiger partial charge is 0.277 e. The Balaban J connectivity index is 0.00000256. The third kappa shape index (κ3) is 5.17. The molecule has 1 fully saturated rings. The minimum atomic E-state index is -0.263. The third-order valence-corrected chi connectivity index (χ3v) is 5.20. The molecule has 1 saturated heterocycles. The first-order valence-electron chi connectivity index (χ1n) is 9.87. The van der Waals surface area contributed by atoms with Crippen LogP contribution in [0.3, 0.4) is 0 Å². The minimum Gasteiger partial charge on any atom is -0.496 e. The lowest BCUT2D eigenvalue weighted by molar-refractivity contribution is 0.102. The van der Waals surface area contributed by atoms with E-state index < -0.39 is 0 Å². The maximum Gasteiger partial charge on any atom is 0.277 e. The summed E-state index contributed by atoms with van der Waals surface area (Å²) in [5.41, 5.74) is 3.22. The summed E-state index contributed by atoms with van der Waals surface area (Å²) in [4.78, 5) is 12.7. The molecule has 0 saturated carbocycles. The Morgan fingerprint density at radius 3 is 2.70 bits per heavy atom. The van der Waals surface area contributed by atoms with Crippen LogP contribution in [0.25, 0.3) is 0 Å². The van der Waals surface area contributed by atoms with E-state index in [0.29, 0.717) is 17.4 Å². The van der Waals surface area contributed by atoms with Crippen LogP contribution in [-0.4, -0.2) is 41.1 Å². The zero-order valence-electron chi connectivity index (χ0n) is 16.9. The molecule has 3 aromatic rings. The molecule has 1 aromatic heterocycles. The minimum absolute atomic E-state index is 0. The van der Waals surface area contributed by atoms with Crippen LogP contribution in [0.1, 0.15) is 40.5 Å². The number of carbonyl (C=O) groups excluding carboxylic acids is 1. The van der Waals surface area contributed by atoms with Gasteiger partial charge in [0.25, 0.3) is 5.91 Å². The van der Waals surface area contributed by atoms with Crippen molar-refractivity contribution >= 4 is 24.0 Å². The molecule has 30 heavy (non-hydrogen) atoms. The van der Waals surface area contributed by atoms with E-state index in [4.69, 9.17) is 4.74 Å². The molecule has 158 valence electrons. The first kappa shape index (κ1) is 21.8. The second kappa shape index (κ2) is 10.2. The summed E-state index contributed by atoms with van der Waals surface area (Å²) in [6.07, 6.45) is 4.44. The molecular formula is C22H26ClN5O2. The highest BCUT2D eigenvalue weighted by atomic mass is 35.5. The summed E-state index contributed by atoms with van der Waals surface area (Å²) >= 11 is 0. The number of methoxy groups -OCH3 is 1. The van der Waals surface area contributed by atoms with Crippen molar-refractivity contribution in [2.24, 2.45) is 0 Å². The third-order valence-electron chi connectivity index (χ3n) is 5.20. The van der Waals surface area contributed by atoms with Gasteiger partial charge < -0.3 is 15.4 Å². The van der Waals surface area contributed by atoms with E-state index in [1.165, 1.54) is 5.56 Å². The molecule has 2 heterocycles. The van der Waals surface area contributed by atoms with Crippen molar-refractivity contribution in [3.63, 3.8) is 0 Å². The average molecular weight is 428 g/mol. The molecule has 0 unspecified atom stereocenters. The van der Waals surface area contributed by atoms with E-state index in [0.717, 1.165) is 43.7 Å². The van der Waals surface area contributed by atoms with Crippen molar-refractivity contribution in [1.29, 1.82) is 0 Å². The van der Waals surface area contributed by atoms with Crippen LogP contribution >= 0.6 is 12.4 Å². The lowest BCUT2D eigenvalue weighted by atomic mass is 10.0. The van der Waals surface area contributed by atoms with Gasteiger partial charge in [0.1, 0.15) is 5.75 Å². The van der Waals surface area contributed by atoms with E-state index in [2.05, 4.69) is 33.1 Å². The molecule has 4 rings (SSSR count). The fraction of sp³-hybridized carbons (Fsp3) is 0.318. The average Bonchev–Trinajstić information content (AvgIpc) is 3.26. The second-order valence-corrected chi connectivity index (χ2v) is 7.21. The van der Waals surface area contributed by atoms with Gasteiger partial charge in [0.05, 0.1) is 19.3 Å². The van der Waals surface area contributed by atoms with E-state index in [-0.39, 0.29) is 18.3 Å². The van der Waals surface area contributed by atoms with Crippen LogP contribution in [0, 0.1) is 0 Å². The standard InChI is InChI=1S/C22H25N5O2.ClH/c1-29-21-8-7-18(14-17(21)13-16-5-3-2-4-6-16)24-22(28)20-15-27(26-25-20)19-9-11-23-12-10-19;/h2-8,14-15,19,23H,9-13H2,1H3,(H,24,28);1H. The maximum absolute atomic E-state index is 12.7. The monoisotopic (exact) mass is 427 g/mol. The van der Waals surface area contributed by atoms with Gasteiger partial charge >= 0.3 is 0 Å². The van der Waals surface area contributed by atoms with Crippen molar-refractivity contribution in [2.75, 3.05) is 25.5 Å². The number of rotatable bonds is 6. The van der Waals surface area contributed by atoms with Gasteiger partial charge in [-0.2, -0.15) is 0 Å². The van der Waals surface area contributed by atoms with Crippen molar-refractivity contribution in [2.45, 2.75) is 25.3 Å². The maximum atomic E-state index is 12.7. The Bertz CT molecular complexity index is 971. The predicted molar refractivity (Wildman–Crippen MR) is 119 cm³/mol. The van der Waals surface area contributed by atoms with Crippen LogP contribution in [0.4, 0.5) is 5.69 Å². The van der Waals surface area contributed by atoms with Crippen molar-refractivity contribution in [3.05, 3.63) is 71.5 Å². The van der Waals surface area contributed by atoms with Crippen LogP contribution < -0.4 is 15.4 Å². The molecule has 7 nitrogen and oxygen atoms in total. The van der Waals surface area contributed by atoms with Gasteiger partial charge in [-0.25, -0.2) is 4.68 Å². The van der Waals surface area contributed by atoms with Crippen LogP contribution in [0.5, 0.6) is 5.75 Å². The summed E-state index contributed by atoms with van der Waals surface area (Å²) in [6.45, 7) is 1.92. The molecular weight excluding hydrogens is 402 g/mol. The Kier molecular flexibility index (Phi) is 7.43. The Hall–Kier alpha value is -2.90. The number of amides is 1. The first-order valence-corrected chi connectivity index (χ1v) is 9.87. The van der Waals surface area contributed by atoms with Gasteiger partial charge in [-0.1, -0.05) is 35.5 Å². The van der Waals surface area contributed by atoms with Crippen LogP contribution in [0.2, 0.25) is 0 Å². The Morgan fingerprint density at radius 1 is 1.20 bits per heavy atom. The lowest BCUT2D eigenvalue weighted by Crippen LogP contribution is -2.29. The zero-order valence-corrected chi connectivity index (χ0v) is 17.7. The fourth-order valence-corrected chi connectivity index (χ4v) is 3.64. The van der Waals surface area contributed by atoms with Crippen molar-refractivity contribution in [1.82, 2.24) is 20.3 Å². The summed E-state index contributed by atoms with van der Waals surface area (Å²) in [7, 11) is 1.65. The Morgan fingerprint density at radius 2 is 1.97 bits per heavy atom. The molecule has 8 heteroatoms. The highest BCUT2D eigenvalue weighted by Crippen LogP contribution is 2.26. The van der Waals surface area contributed by atoms with E-state index in [1.807, 2.05) is 41.1 Å². The molecule has 1 aliphatic rings. The van der Waals surface area contributed by atoms with Gasteiger partial charge in [-0.15, -0.1) is 17.5 Å². The highest BCUT2D eigenvalue weighted by molar-refractivity contribution is 6.02. The molecule has 0 aliphatic carbocycles. The normalized spacial score (nSPS) is 14.0.